The van der Waals surface area contributed by atoms with Crippen LogP contribution in [0.15, 0.2) is 230 Å². The van der Waals surface area contributed by atoms with Gasteiger partial charge in [0.05, 0.1) is 74.8 Å². The molecule has 0 aliphatic heterocycles. The molecule has 0 bridgehead atoms. The summed E-state index contributed by atoms with van der Waals surface area (Å²) in [7, 11) is 0. The molecule has 0 unspecified atom stereocenters. The Morgan fingerprint density at radius 1 is 0.571 bits per heavy atom. The predicted octanol–water partition coefficient (Wildman–Crippen LogP) is 15.6. The number of fused-ring (bicyclic) bond motifs is 7. The Labute approximate surface area is 434 Å². The third kappa shape index (κ3) is 6.95. The maximum atomic E-state index is 9.48. The summed E-state index contributed by atoms with van der Waals surface area (Å²) in [6.07, 6.45) is 3.09. The second kappa shape index (κ2) is 17.0. The zero-order valence-electron chi connectivity index (χ0n) is 57.3. The van der Waals surface area contributed by atoms with Gasteiger partial charge in [-0.05, 0) is 88.6 Å². The zero-order chi connectivity index (χ0) is 64.2. The predicted molar refractivity (Wildman–Crippen MR) is 286 cm³/mol. The van der Waals surface area contributed by atoms with Crippen LogP contribution in [-0.4, -0.2) is 18.7 Å². The van der Waals surface area contributed by atoms with Crippen molar-refractivity contribution in [2.75, 3.05) is 0 Å². The van der Waals surface area contributed by atoms with E-state index in [9.17, 15) is 5.48 Å². The molecular formula is C64H47N5O. The van der Waals surface area contributed by atoms with Crippen LogP contribution >= 0.6 is 0 Å². The number of nitrogens with zero attached hydrogens (tertiary/aromatic N) is 5. The third-order valence-electron chi connectivity index (χ3n) is 12.1. The highest BCUT2D eigenvalue weighted by Gasteiger charge is 2.23. The average Bonchev–Trinajstić information content (AvgIpc) is 1.52. The fraction of sp³-hybridized carbons (Fsp3) is 0.0625. The summed E-state index contributed by atoms with van der Waals surface area (Å²) < 4.78 is 192. The topological polar surface area (TPSA) is 40.8 Å². The Morgan fingerprint density at radius 2 is 1.21 bits per heavy atom. The van der Waals surface area contributed by atoms with Gasteiger partial charge in [0.15, 0.2) is 0 Å². The van der Waals surface area contributed by atoms with E-state index in [4.69, 9.17) is 31.7 Å². The van der Waals surface area contributed by atoms with Crippen molar-refractivity contribution >= 4 is 54.6 Å². The average molecular weight is 922 g/mol. The molecule has 13 rings (SSSR count). The van der Waals surface area contributed by atoms with Crippen molar-refractivity contribution in [3.8, 4) is 56.6 Å². The monoisotopic (exact) mass is 922 g/mol. The first-order chi connectivity index (χ1) is 42.8. The van der Waals surface area contributed by atoms with E-state index in [2.05, 4.69) is 6.33 Å². The number of pyridine rings is 1. The smallest absolute Gasteiger partial charge is 0.269 e. The maximum absolute atomic E-state index is 9.48. The highest BCUT2D eigenvalue weighted by atomic mass is 16.5. The summed E-state index contributed by atoms with van der Waals surface area (Å²) >= 11 is 0. The normalized spacial score (nSPS) is 16.0. The molecule has 0 fully saturated rings. The van der Waals surface area contributed by atoms with Gasteiger partial charge >= 0.3 is 0 Å². The Morgan fingerprint density at radius 3 is 1.93 bits per heavy atom. The van der Waals surface area contributed by atoms with Gasteiger partial charge in [-0.2, -0.15) is 0 Å². The van der Waals surface area contributed by atoms with Crippen LogP contribution in [-0.2, 0) is 6.37 Å². The Hall–Kier alpha value is -9.00. The number of ether oxygens (including phenoxy) is 1. The summed E-state index contributed by atoms with van der Waals surface area (Å²) in [5.41, 5.74) is 2.23. The van der Waals surface area contributed by atoms with Crippen LogP contribution in [0.5, 0.6) is 11.5 Å². The molecular weight excluding hydrogens is 855 g/mol. The van der Waals surface area contributed by atoms with Crippen molar-refractivity contribution in [1.29, 1.82) is 0 Å². The van der Waals surface area contributed by atoms with Crippen LogP contribution in [0.25, 0.3) is 99.8 Å². The molecule has 6 heteroatoms. The van der Waals surface area contributed by atoms with Gasteiger partial charge in [-0.1, -0.05) is 177 Å². The Bertz CT molecular complexity index is 5080. The first-order valence-electron chi connectivity index (χ1n) is 32.3. The zero-order valence-corrected chi connectivity index (χ0v) is 37.3. The van der Waals surface area contributed by atoms with Gasteiger partial charge in [-0.3, -0.25) is 13.7 Å². The molecule has 70 heavy (non-hydrogen) atoms. The van der Waals surface area contributed by atoms with Crippen LogP contribution in [0.1, 0.15) is 46.8 Å². The third-order valence-corrected chi connectivity index (χ3v) is 12.1. The van der Waals surface area contributed by atoms with Crippen LogP contribution in [0.2, 0.25) is 0 Å². The molecule has 0 aliphatic carbocycles. The molecule has 0 saturated heterocycles. The number of hydrogen-bond donors (Lipinski definition) is 0. The standard InChI is InChI=1S/C64H47N5O/c1-43(2)37-44-35-36-65-62(38-44)69-57-32-14-11-27-54(57)63-60(68-55-30-12-9-25-52(55)53-26-10-13-31-56(53)68)40-49(41-61(63)69)70-48-24-17-23-47(39-48)66-42-67(59-34-16-15-33-58(59)66)64-50(45-19-5-3-6-20-45)28-18-29-51(64)46-21-7-4-8-22-46/h3-36,38-41,43H,37H2,1-2H3/i3D,4D,5D,6D,7D,8D,9D,10D,12D,13D,19D,20D,21D,22D,25D,26D,30D,31D,37D2. The summed E-state index contributed by atoms with van der Waals surface area (Å²) in [6.45, 7) is 3.54. The number of rotatable bonds is 10. The fourth-order valence-electron chi connectivity index (χ4n) is 9.35. The van der Waals surface area contributed by atoms with Gasteiger partial charge in [0, 0.05) is 42.6 Å². The second-order valence-electron chi connectivity index (χ2n) is 16.7. The first kappa shape index (κ1) is 25.4. The molecule has 0 atom stereocenters. The molecule has 4 heterocycles. The number of aromatic nitrogens is 5. The molecule has 0 radical (unpaired) electrons. The number of para-hydroxylation sites is 6. The molecule has 0 N–H and O–H groups in total. The van der Waals surface area contributed by atoms with Crippen molar-refractivity contribution in [2.24, 2.45) is 5.92 Å². The van der Waals surface area contributed by atoms with E-state index in [1.807, 2.05) is 12.1 Å². The van der Waals surface area contributed by atoms with E-state index in [1.165, 1.54) is 29.0 Å². The molecule has 13 aromatic rings. The van der Waals surface area contributed by atoms with Crippen LogP contribution in [0.4, 0.5) is 0 Å². The molecule has 6 nitrogen and oxygen atoms in total. The Kier molecular flexibility index (Phi) is 6.15. The van der Waals surface area contributed by atoms with Crippen molar-refractivity contribution in [2.45, 2.75) is 20.2 Å². The van der Waals surface area contributed by atoms with Gasteiger partial charge in [-0.25, -0.2) is 4.98 Å². The van der Waals surface area contributed by atoms with Crippen LogP contribution < -0.4 is 9.30 Å². The molecule has 0 saturated carbocycles. The summed E-state index contributed by atoms with van der Waals surface area (Å²) in [5, 5.41) is 0.730. The van der Waals surface area contributed by atoms with Crippen molar-refractivity contribution in [3.63, 3.8) is 0 Å². The summed E-state index contributed by atoms with van der Waals surface area (Å²) in [4.78, 5) is 4.79. The maximum Gasteiger partial charge on any atom is 0.269 e. The van der Waals surface area contributed by atoms with E-state index in [1.54, 1.807) is 112 Å². The van der Waals surface area contributed by atoms with Crippen LogP contribution in [0.3, 0.4) is 0 Å². The number of benzene rings is 9. The lowest BCUT2D eigenvalue weighted by atomic mass is 9.95. The van der Waals surface area contributed by atoms with E-state index >= 15 is 0 Å². The minimum absolute atomic E-state index is 0.0520. The highest BCUT2D eigenvalue weighted by Crippen LogP contribution is 2.43. The minimum Gasteiger partial charge on any atom is -0.458 e. The second-order valence-corrected chi connectivity index (χ2v) is 16.7. The van der Waals surface area contributed by atoms with E-state index < -0.39 is 121 Å². The van der Waals surface area contributed by atoms with Gasteiger partial charge in [0.2, 0.25) is 0 Å². The molecule has 4 aromatic heterocycles. The van der Waals surface area contributed by atoms with Gasteiger partial charge < -0.3 is 9.30 Å². The molecule has 0 amide bonds. The number of imidazole rings is 1. The molecule has 0 aliphatic rings. The lowest BCUT2D eigenvalue weighted by Gasteiger charge is -2.17. The lowest BCUT2D eigenvalue weighted by Crippen LogP contribution is -2.31. The van der Waals surface area contributed by atoms with Gasteiger partial charge in [0.25, 0.3) is 6.33 Å². The molecule has 9 aromatic carbocycles. The van der Waals surface area contributed by atoms with Crippen LogP contribution in [0, 0.1) is 12.2 Å². The fourth-order valence-corrected chi connectivity index (χ4v) is 9.35. The SMILES string of the molecule is [2H]c1c([2H])c([2H])c(-c2cccc(-c3c([2H])c([2H])c([2H])c([2H])c3[2H])c2-[n+]2[c-]n(-c3cccc(Oc4cc(-n5c6c([2H])c([2H])c([2H])c([2H])c6c6c([2H])c([2H])c([2H])c([2H])c65)c5c6ccccc6n(-c6cc(C([2H])([2H])C(C)C)ccn6)c5c4)c3)c3ccccc32)c([2H])c1[2H]. The molecule has 334 valence electrons. The molecule has 0 spiro atoms. The van der Waals surface area contributed by atoms with E-state index in [0.717, 1.165) is 0 Å². The minimum atomic E-state index is -1.81. The quantitative estimate of drug-likeness (QED) is 0.101. The van der Waals surface area contributed by atoms with Gasteiger partial charge in [-0.15, -0.1) is 0 Å². The summed E-state index contributed by atoms with van der Waals surface area (Å²) in [5.74, 6) is 0.160. The van der Waals surface area contributed by atoms with E-state index in [-0.39, 0.29) is 66.9 Å². The van der Waals surface area contributed by atoms with Crippen molar-refractivity contribution in [1.82, 2.24) is 18.7 Å². The van der Waals surface area contributed by atoms with Gasteiger partial charge in [0.1, 0.15) is 17.3 Å². The highest BCUT2D eigenvalue weighted by molar-refractivity contribution is 6.16. The van der Waals surface area contributed by atoms with Crippen molar-refractivity contribution < 1.29 is 36.7 Å². The largest absolute Gasteiger partial charge is 0.458 e. The number of hydrogen-bond acceptors (Lipinski definition) is 2. The Balaban J connectivity index is 1.08. The summed E-state index contributed by atoms with van der Waals surface area (Å²) in [6, 6.07) is 21.6. The van der Waals surface area contributed by atoms with Crippen molar-refractivity contribution in [3.05, 3.63) is 242 Å². The first-order valence-corrected chi connectivity index (χ1v) is 22.3. The lowest BCUT2D eigenvalue weighted by molar-refractivity contribution is -0.571. The van der Waals surface area contributed by atoms with E-state index in [0.29, 0.717) is 49.9 Å².